The first kappa shape index (κ1) is 56.1. The number of carbonyl (C=O) groups is 6. The van der Waals surface area contributed by atoms with Crippen LogP contribution in [0.1, 0.15) is 206 Å². The Labute approximate surface area is 360 Å². The topological polar surface area (TPSA) is 211 Å². The minimum atomic E-state index is -1.41. The van der Waals surface area contributed by atoms with Crippen molar-refractivity contribution in [3.8, 4) is 0 Å². The molecule has 3 atom stereocenters. The fraction of sp³-hybridized carbons (Fsp3) is 0.867. The molecule has 344 valence electrons. The van der Waals surface area contributed by atoms with Gasteiger partial charge >= 0.3 is 23.9 Å². The van der Waals surface area contributed by atoms with Crippen LogP contribution in [-0.4, -0.2) is 88.7 Å². The van der Waals surface area contributed by atoms with E-state index >= 15 is 0 Å². The van der Waals surface area contributed by atoms with E-state index < -0.39 is 54.9 Å². The molecule has 0 spiro atoms. The van der Waals surface area contributed by atoms with Crippen LogP contribution in [0, 0.1) is 0 Å². The van der Waals surface area contributed by atoms with Crippen molar-refractivity contribution >= 4 is 47.5 Å². The number of nitrogens with one attached hydrogen (secondary N) is 2. The van der Waals surface area contributed by atoms with Crippen LogP contribution in [0.5, 0.6) is 0 Å². The Hall–Kier alpha value is -2.87. The van der Waals surface area contributed by atoms with Gasteiger partial charge in [0, 0.05) is 30.8 Å². The lowest BCUT2D eigenvalue weighted by Crippen LogP contribution is -2.49. The van der Waals surface area contributed by atoms with Crippen molar-refractivity contribution in [2.24, 2.45) is 5.73 Å². The fourth-order valence-corrected chi connectivity index (χ4v) is 7.63. The summed E-state index contributed by atoms with van der Waals surface area (Å²) >= 11 is 1.25. The van der Waals surface area contributed by atoms with Crippen molar-refractivity contribution in [1.29, 1.82) is 0 Å². The number of hydrogen-bond donors (Lipinski definition) is 5. The number of amides is 2. The molecule has 0 fully saturated rings. The Morgan fingerprint density at radius 3 is 1.42 bits per heavy atom. The summed E-state index contributed by atoms with van der Waals surface area (Å²) in [6, 6.07) is -2.44. The van der Waals surface area contributed by atoms with Crippen LogP contribution < -0.4 is 16.4 Å². The molecule has 13 nitrogen and oxygen atoms in total. The molecule has 0 bridgehead atoms. The lowest BCUT2D eigenvalue weighted by atomic mass is 10.0. The zero-order chi connectivity index (χ0) is 43.8. The van der Waals surface area contributed by atoms with Crippen molar-refractivity contribution in [3.05, 3.63) is 0 Å². The number of aliphatic carboxylic acids is 2. The monoisotopic (exact) mass is 858 g/mol. The maximum Gasteiger partial charge on any atom is 0.326 e. The molecule has 0 aliphatic heterocycles. The molecule has 0 aromatic carbocycles. The van der Waals surface area contributed by atoms with Gasteiger partial charge in [0.2, 0.25) is 11.8 Å². The van der Waals surface area contributed by atoms with E-state index in [1.165, 1.54) is 134 Å². The van der Waals surface area contributed by atoms with Crippen LogP contribution >= 0.6 is 11.8 Å². The van der Waals surface area contributed by atoms with E-state index in [-0.39, 0.29) is 42.9 Å². The van der Waals surface area contributed by atoms with Crippen molar-refractivity contribution in [1.82, 2.24) is 10.6 Å². The second-order valence-corrected chi connectivity index (χ2v) is 17.1. The Morgan fingerprint density at radius 1 is 0.576 bits per heavy atom. The lowest BCUT2D eigenvalue weighted by Gasteiger charge is -2.19. The minimum Gasteiger partial charge on any atom is -0.481 e. The van der Waals surface area contributed by atoms with Gasteiger partial charge in [-0.25, -0.2) is 4.79 Å². The van der Waals surface area contributed by atoms with Gasteiger partial charge in [-0.1, -0.05) is 168 Å². The van der Waals surface area contributed by atoms with Crippen LogP contribution in [0.4, 0.5) is 0 Å². The van der Waals surface area contributed by atoms with Crippen molar-refractivity contribution in [2.75, 3.05) is 24.7 Å². The van der Waals surface area contributed by atoms with Crippen LogP contribution in [0.15, 0.2) is 0 Å². The first-order chi connectivity index (χ1) is 28.5. The van der Waals surface area contributed by atoms with Crippen LogP contribution in [0.3, 0.4) is 0 Å². The summed E-state index contributed by atoms with van der Waals surface area (Å²) in [6.45, 7) is 3.84. The van der Waals surface area contributed by atoms with E-state index in [0.717, 1.165) is 44.9 Å². The highest BCUT2D eigenvalue weighted by Crippen LogP contribution is 2.16. The number of rotatable bonds is 43. The Bertz CT molecular complexity index is 1110. The van der Waals surface area contributed by atoms with E-state index in [4.69, 9.17) is 20.3 Å². The molecule has 0 heterocycles. The molecule has 2 amide bonds. The number of carboxylic acid groups (broad SMARTS) is 2. The van der Waals surface area contributed by atoms with Gasteiger partial charge in [0.05, 0.1) is 12.6 Å². The SMILES string of the molecule is CCCCCCCCCCCCCCCC(=O)OC[C@H](CSC[C@H](N)C(=O)NCC(=O)N[C@H](CCC(=O)O)C(=O)O)OC(=O)CCCCCCCCCCCCCCC. The molecular formula is C45H83N3O10S. The molecule has 0 aromatic heterocycles. The molecule has 59 heavy (non-hydrogen) atoms. The number of nitrogens with two attached hydrogens (primary N) is 1. The standard InChI is InChI=1S/C45H83N3O10S/c1-3-5-7-9-11-13-15-17-19-21-23-25-27-29-42(52)57-34-37(58-43(53)30-28-26-24-22-20-18-16-14-12-10-8-6-4-2)35-59-36-38(46)44(54)47-33-40(49)48-39(45(55)56)31-32-41(50)51/h37-39H,3-36,46H2,1-2H3,(H,47,54)(H,48,49)(H,50,51)(H,55,56)/t37-,38+,39-/m1/s1. The van der Waals surface area contributed by atoms with Gasteiger partial charge < -0.3 is 36.1 Å². The number of ether oxygens (including phenoxy) is 2. The molecule has 6 N–H and O–H groups in total. The average molecular weight is 858 g/mol. The zero-order valence-corrected chi connectivity index (χ0v) is 37.7. The molecular weight excluding hydrogens is 775 g/mol. The number of carbonyl (C=O) groups excluding carboxylic acids is 4. The highest BCUT2D eigenvalue weighted by Gasteiger charge is 2.23. The van der Waals surface area contributed by atoms with Crippen LogP contribution in [0.2, 0.25) is 0 Å². The van der Waals surface area contributed by atoms with E-state index in [0.29, 0.717) is 6.42 Å². The first-order valence-electron chi connectivity index (χ1n) is 23.2. The van der Waals surface area contributed by atoms with Gasteiger partial charge in [-0.3, -0.25) is 24.0 Å². The summed E-state index contributed by atoms with van der Waals surface area (Å²) in [7, 11) is 0. The molecule has 0 radical (unpaired) electrons. The summed E-state index contributed by atoms with van der Waals surface area (Å²) < 4.78 is 11.3. The van der Waals surface area contributed by atoms with Crippen molar-refractivity contribution in [3.63, 3.8) is 0 Å². The normalized spacial score (nSPS) is 12.7. The fourth-order valence-electron chi connectivity index (χ4n) is 6.66. The summed E-state index contributed by atoms with van der Waals surface area (Å²) in [5.41, 5.74) is 6.03. The number of carboxylic acids is 2. The van der Waals surface area contributed by atoms with Crippen LogP contribution in [-0.2, 0) is 38.2 Å². The maximum absolute atomic E-state index is 12.8. The maximum atomic E-state index is 12.8. The number of esters is 2. The number of thioether (sulfide) groups is 1. The van der Waals surface area contributed by atoms with E-state index in [9.17, 15) is 33.9 Å². The molecule has 14 heteroatoms. The van der Waals surface area contributed by atoms with Crippen molar-refractivity contribution < 1.29 is 48.5 Å². The summed E-state index contributed by atoms with van der Waals surface area (Å²) in [4.78, 5) is 72.2. The van der Waals surface area contributed by atoms with Crippen molar-refractivity contribution in [2.45, 2.75) is 225 Å². The third kappa shape index (κ3) is 37.8. The van der Waals surface area contributed by atoms with Gasteiger partial charge in [0.1, 0.15) is 18.8 Å². The second kappa shape index (κ2) is 40.5. The number of unbranched alkanes of at least 4 members (excludes halogenated alkanes) is 24. The quantitative estimate of drug-likeness (QED) is 0.0287. The molecule has 0 saturated carbocycles. The second-order valence-electron chi connectivity index (χ2n) is 16.0. The smallest absolute Gasteiger partial charge is 0.326 e. The Morgan fingerprint density at radius 2 is 1.00 bits per heavy atom. The molecule has 0 rings (SSSR count). The zero-order valence-electron chi connectivity index (χ0n) is 36.9. The molecule has 0 aliphatic carbocycles. The minimum absolute atomic E-state index is 0.0944. The van der Waals surface area contributed by atoms with Gasteiger partial charge in [0.15, 0.2) is 0 Å². The highest BCUT2D eigenvalue weighted by molar-refractivity contribution is 7.99. The third-order valence-corrected chi connectivity index (χ3v) is 11.5. The summed E-state index contributed by atoms with van der Waals surface area (Å²) in [5, 5.41) is 22.6. The van der Waals surface area contributed by atoms with Gasteiger partial charge in [0.25, 0.3) is 0 Å². The molecule has 0 aromatic rings. The molecule has 0 unspecified atom stereocenters. The van der Waals surface area contributed by atoms with Gasteiger partial charge in [-0.05, 0) is 19.3 Å². The largest absolute Gasteiger partial charge is 0.481 e. The number of hydrogen-bond acceptors (Lipinski definition) is 10. The van der Waals surface area contributed by atoms with Crippen LogP contribution in [0.25, 0.3) is 0 Å². The molecule has 0 aliphatic rings. The van der Waals surface area contributed by atoms with Gasteiger partial charge in [-0.2, -0.15) is 11.8 Å². The molecule has 0 saturated heterocycles. The predicted molar refractivity (Wildman–Crippen MR) is 236 cm³/mol. The Balaban J connectivity index is 4.66. The van der Waals surface area contributed by atoms with E-state index in [1.807, 2.05) is 0 Å². The highest BCUT2D eigenvalue weighted by atomic mass is 32.2. The van der Waals surface area contributed by atoms with Gasteiger partial charge in [-0.15, -0.1) is 0 Å². The summed E-state index contributed by atoms with van der Waals surface area (Å²) in [5.74, 6) is -4.37. The first-order valence-corrected chi connectivity index (χ1v) is 24.4. The predicted octanol–water partition coefficient (Wildman–Crippen LogP) is 9.01. The Kier molecular flexibility index (Phi) is 38.6. The lowest BCUT2D eigenvalue weighted by molar-refractivity contribution is -0.157. The summed E-state index contributed by atoms with van der Waals surface area (Å²) in [6.07, 6.45) is 30.5. The van der Waals surface area contributed by atoms with E-state index in [2.05, 4.69) is 24.5 Å². The average Bonchev–Trinajstić information content (AvgIpc) is 3.20. The van der Waals surface area contributed by atoms with E-state index in [1.54, 1.807) is 0 Å². The third-order valence-electron chi connectivity index (χ3n) is 10.3.